The van der Waals surface area contributed by atoms with Crippen LogP contribution in [-0.4, -0.2) is 114 Å². The third-order valence-corrected chi connectivity index (χ3v) is 10.6. The van der Waals surface area contributed by atoms with Crippen molar-refractivity contribution in [1.29, 1.82) is 0 Å². The lowest BCUT2D eigenvalue weighted by molar-refractivity contribution is -0.125. The van der Waals surface area contributed by atoms with Gasteiger partial charge in [0, 0.05) is 68.0 Å². The van der Waals surface area contributed by atoms with E-state index in [0.717, 1.165) is 78.0 Å². The highest BCUT2D eigenvalue weighted by atomic mass is 16.5. The van der Waals surface area contributed by atoms with Crippen molar-refractivity contribution in [2.75, 3.05) is 71.0 Å². The van der Waals surface area contributed by atoms with E-state index in [0.29, 0.717) is 69.9 Å². The number of nitrogens with one attached hydrogen (secondary N) is 2. The monoisotopic (exact) mass is 785 g/mol. The number of imide groups is 1. The van der Waals surface area contributed by atoms with Crippen molar-refractivity contribution in [2.24, 2.45) is 0 Å². The number of hydrogen-bond donors (Lipinski definition) is 2. The van der Waals surface area contributed by atoms with E-state index in [2.05, 4.69) is 38.1 Å². The lowest BCUT2D eigenvalue weighted by Gasteiger charge is -2.34. The van der Waals surface area contributed by atoms with Gasteiger partial charge in [-0.2, -0.15) is 0 Å². The summed E-state index contributed by atoms with van der Waals surface area (Å²) < 4.78 is 24.2. The second kappa shape index (κ2) is 18.1. The van der Waals surface area contributed by atoms with Crippen LogP contribution in [0, 0.1) is 0 Å². The van der Waals surface area contributed by atoms with Gasteiger partial charge >= 0.3 is 0 Å². The van der Waals surface area contributed by atoms with Crippen molar-refractivity contribution < 1.29 is 33.3 Å². The van der Waals surface area contributed by atoms with E-state index in [4.69, 9.17) is 23.9 Å². The largest absolute Gasteiger partial charge is 0.492 e. The molecule has 58 heavy (non-hydrogen) atoms. The quantitative estimate of drug-likeness (QED) is 0.175. The van der Waals surface area contributed by atoms with Crippen molar-refractivity contribution in [3.8, 4) is 22.8 Å². The lowest BCUT2D eigenvalue weighted by atomic mass is 10.0. The molecule has 14 nitrogen and oxygen atoms in total. The Labute approximate surface area is 337 Å². The highest BCUT2D eigenvalue weighted by molar-refractivity contribution is 6.23. The molecular formula is C44H47N7O7. The fourth-order valence-electron chi connectivity index (χ4n) is 7.49. The zero-order chi connectivity index (χ0) is 39.8. The van der Waals surface area contributed by atoms with Crippen LogP contribution in [0.2, 0.25) is 0 Å². The summed E-state index contributed by atoms with van der Waals surface area (Å²) in [6.07, 6.45) is 6.57. The first-order chi connectivity index (χ1) is 28.4. The Balaban J connectivity index is 0.807. The van der Waals surface area contributed by atoms with Crippen molar-refractivity contribution >= 4 is 29.4 Å². The molecule has 300 valence electrons. The number of rotatable bonds is 9. The van der Waals surface area contributed by atoms with Gasteiger partial charge in [-0.1, -0.05) is 36.9 Å². The maximum absolute atomic E-state index is 13.2. The van der Waals surface area contributed by atoms with Gasteiger partial charge in [-0.25, -0.2) is 9.97 Å². The van der Waals surface area contributed by atoms with Crippen LogP contribution in [0.1, 0.15) is 44.7 Å². The molecule has 0 radical (unpaired) electrons. The summed E-state index contributed by atoms with van der Waals surface area (Å²) in [6, 6.07) is 20.1. The molecule has 2 N–H and O–H groups in total. The van der Waals surface area contributed by atoms with Gasteiger partial charge < -0.3 is 29.6 Å². The van der Waals surface area contributed by atoms with Crippen LogP contribution in [0.5, 0.6) is 11.5 Å². The molecule has 1 unspecified atom stereocenters. The Morgan fingerprint density at radius 2 is 1.55 bits per heavy atom. The standard InChI is InChI=1S/C44H47N7O7/c1-30-7-11-39(41(52)46-30)51-42(53)36-10-9-35(27-37(36)43(51)54)57-23-19-49-15-17-50(18-16-49)20-24-58-40-12-8-34-26-33(40)29-56-22-3-2-21-55-28-31-5-4-6-32(25-31)38-13-14-45-44(47-34)48-38/h2-6,8-10,12-14,25-27,39H,1,7,11,15-24,28-29H2,(H,46,52)(H,45,47,48)/b3-2+. The summed E-state index contributed by atoms with van der Waals surface area (Å²) in [4.78, 5) is 53.8. The zero-order valence-electron chi connectivity index (χ0n) is 32.4. The highest BCUT2D eigenvalue weighted by Crippen LogP contribution is 2.31. The van der Waals surface area contributed by atoms with Crippen LogP contribution in [0.25, 0.3) is 11.3 Å². The molecule has 8 rings (SSSR count). The number of amides is 3. The normalized spacial score (nSPS) is 19.7. The topological polar surface area (TPSA) is 148 Å². The van der Waals surface area contributed by atoms with Gasteiger partial charge in [0.05, 0.1) is 43.2 Å². The number of allylic oxidation sites excluding steroid dienone is 1. The third-order valence-electron chi connectivity index (χ3n) is 10.6. The lowest BCUT2D eigenvalue weighted by Crippen LogP contribution is -2.51. The average molecular weight is 786 g/mol. The Morgan fingerprint density at radius 1 is 0.793 bits per heavy atom. The molecule has 1 aromatic heterocycles. The summed E-state index contributed by atoms with van der Waals surface area (Å²) in [5.74, 6) is 0.473. The molecule has 5 heterocycles. The molecule has 6 bridgehead atoms. The maximum atomic E-state index is 13.2. The van der Waals surface area contributed by atoms with Crippen LogP contribution >= 0.6 is 0 Å². The molecule has 0 saturated carbocycles. The van der Waals surface area contributed by atoms with Crippen LogP contribution < -0.4 is 20.1 Å². The molecule has 4 aromatic rings. The molecule has 4 aliphatic rings. The van der Waals surface area contributed by atoms with Gasteiger partial charge in [-0.3, -0.25) is 29.1 Å². The predicted molar refractivity (Wildman–Crippen MR) is 217 cm³/mol. The van der Waals surface area contributed by atoms with Crippen molar-refractivity contribution in [2.45, 2.75) is 32.1 Å². The summed E-state index contributed by atoms with van der Waals surface area (Å²) in [5.41, 5.74) is 5.79. The average Bonchev–Trinajstić information content (AvgIpc) is 3.47. The summed E-state index contributed by atoms with van der Waals surface area (Å²) in [6.45, 7) is 11.6. The fourth-order valence-corrected chi connectivity index (χ4v) is 7.49. The molecule has 3 aromatic carbocycles. The first kappa shape index (κ1) is 38.9. The molecule has 1 atom stereocenters. The molecule has 3 amide bonds. The van der Waals surface area contributed by atoms with Crippen LogP contribution in [0.15, 0.2) is 97.4 Å². The predicted octanol–water partition coefficient (Wildman–Crippen LogP) is 4.95. The van der Waals surface area contributed by atoms with E-state index in [9.17, 15) is 14.4 Å². The van der Waals surface area contributed by atoms with Gasteiger partial charge in [0.15, 0.2) is 0 Å². The van der Waals surface area contributed by atoms with Gasteiger partial charge in [-0.05, 0) is 66.9 Å². The minimum absolute atomic E-state index is 0.263. The van der Waals surface area contributed by atoms with Crippen molar-refractivity contribution in [3.63, 3.8) is 0 Å². The Morgan fingerprint density at radius 3 is 2.34 bits per heavy atom. The number of anilines is 2. The number of aromatic nitrogens is 2. The highest BCUT2D eigenvalue weighted by Gasteiger charge is 2.44. The summed E-state index contributed by atoms with van der Waals surface area (Å²) in [7, 11) is 0. The van der Waals surface area contributed by atoms with Gasteiger partial charge in [-0.15, -0.1) is 0 Å². The zero-order valence-corrected chi connectivity index (χ0v) is 32.4. The first-order valence-electron chi connectivity index (χ1n) is 19.7. The molecule has 4 aliphatic heterocycles. The second-order valence-electron chi connectivity index (χ2n) is 14.6. The first-order valence-corrected chi connectivity index (χ1v) is 19.7. The molecule has 2 saturated heterocycles. The molecule has 0 spiro atoms. The van der Waals surface area contributed by atoms with E-state index in [1.165, 1.54) is 0 Å². The SMILES string of the molecule is C=C1CCC(N2C(=O)c3ccc(OCCN4CCN(CCOc5ccc6cc5COC/C=C/COCc5cccc(c5)-c5ccnc(n5)N6)CC4)cc3C2=O)C(=O)N1. The minimum atomic E-state index is -0.842. The van der Waals surface area contributed by atoms with Gasteiger partial charge in [0.2, 0.25) is 11.9 Å². The van der Waals surface area contributed by atoms with E-state index in [-0.39, 0.29) is 17.0 Å². The van der Waals surface area contributed by atoms with Crippen LogP contribution in [0.3, 0.4) is 0 Å². The number of ether oxygens (including phenoxy) is 4. The number of piperidine rings is 1. The van der Waals surface area contributed by atoms with E-state index in [1.54, 1.807) is 24.4 Å². The third kappa shape index (κ3) is 9.27. The van der Waals surface area contributed by atoms with E-state index < -0.39 is 17.9 Å². The number of hydrogen-bond acceptors (Lipinski definition) is 12. The minimum Gasteiger partial charge on any atom is -0.492 e. The maximum Gasteiger partial charge on any atom is 0.262 e. The fraction of sp³-hybridized carbons (Fsp3) is 0.341. The van der Waals surface area contributed by atoms with Crippen LogP contribution in [0.4, 0.5) is 11.6 Å². The Kier molecular flexibility index (Phi) is 12.2. The smallest absolute Gasteiger partial charge is 0.262 e. The van der Waals surface area contributed by atoms with Gasteiger partial charge in [0.25, 0.3) is 11.8 Å². The van der Waals surface area contributed by atoms with Crippen LogP contribution in [-0.2, 0) is 27.5 Å². The summed E-state index contributed by atoms with van der Waals surface area (Å²) >= 11 is 0. The van der Waals surface area contributed by atoms with Gasteiger partial charge in [0.1, 0.15) is 30.8 Å². The molecule has 0 aliphatic carbocycles. The van der Waals surface area contributed by atoms with E-state index >= 15 is 0 Å². The summed E-state index contributed by atoms with van der Waals surface area (Å²) in [5, 5.41) is 6.01. The number of nitrogens with zero attached hydrogens (tertiary/aromatic N) is 5. The number of carbonyl (C=O) groups is 3. The Hall–Kier alpha value is -5.93. The molecule has 14 heteroatoms. The Bertz CT molecular complexity index is 2200. The van der Waals surface area contributed by atoms with Crippen molar-refractivity contribution in [1.82, 2.24) is 30.0 Å². The number of carbonyl (C=O) groups excluding carboxylic acids is 3. The molecular weight excluding hydrogens is 739 g/mol. The second-order valence-corrected chi connectivity index (χ2v) is 14.6. The number of benzene rings is 3. The van der Waals surface area contributed by atoms with Crippen molar-refractivity contribution in [3.05, 3.63) is 120 Å². The van der Waals surface area contributed by atoms with E-state index in [1.807, 2.05) is 54.6 Å². The number of piperazine rings is 1. The molecule has 2 fully saturated rings. The number of fused-ring (bicyclic) bond motifs is 8.